The lowest BCUT2D eigenvalue weighted by molar-refractivity contribution is -0.141. The standard InChI is InChI=1S/C21H17ClF4N4O3S2/c1-30-16(20(31)28-12-3-4-14(23)13(22)8-12)9-15(29-35(30,32)33)18-6-5-17(34-18)11-2-7-19(27-10-11)21(24,25)26/h2-8,10,15-16,29H,9H2,1H3,(H,28,31)/t15-,16+/m1/s1. The van der Waals surface area contributed by atoms with E-state index in [4.69, 9.17) is 11.6 Å². The third-order valence-corrected chi connectivity index (χ3v) is 8.50. The van der Waals surface area contributed by atoms with E-state index in [1.807, 2.05) is 0 Å². The maximum absolute atomic E-state index is 13.4. The van der Waals surface area contributed by atoms with E-state index in [1.54, 1.807) is 12.1 Å². The predicted octanol–water partition coefficient (Wildman–Crippen LogP) is 4.84. The largest absolute Gasteiger partial charge is 0.433 e. The quantitative estimate of drug-likeness (QED) is 0.457. The van der Waals surface area contributed by atoms with Gasteiger partial charge in [-0.1, -0.05) is 11.6 Å². The van der Waals surface area contributed by atoms with Crippen molar-refractivity contribution in [3.63, 3.8) is 0 Å². The second-order valence-corrected chi connectivity index (χ2v) is 11.0. The zero-order valence-electron chi connectivity index (χ0n) is 17.8. The molecule has 0 unspecified atom stereocenters. The monoisotopic (exact) mass is 548 g/mol. The average molecular weight is 549 g/mol. The molecule has 0 spiro atoms. The molecule has 0 aliphatic carbocycles. The number of hydrogen-bond acceptors (Lipinski definition) is 5. The molecular formula is C21H17ClF4N4O3S2. The van der Waals surface area contributed by atoms with Crippen molar-refractivity contribution in [1.82, 2.24) is 14.0 Å². The molecule has 3 aromatic rings. The van der Waals surface area contributed by atoms with Gasteiger partial charge in [0.2, 0.25) is 5.91 Å². The maximum Gasteiger partial charge on any atom is 0.433 e. The fourth-order valence-corrected chi connectivity index (χ4v) is 6.08. The van der Waals surface area contributed by atoms with Crippen LogP contribution in [0.2, 0.25) is 5.02 Å². The molecule has 1 aromatic carbocycles. The van der Waals surface area contributed by atoms with E-state index in [2.05, 4.69) is 15.0 Å². The zero-order valence-corrected chi connectivity index (χ0v) is 20.2. The Morgan fingerprint density at radius 3 is 2.60 bits per heavy atom. The third kappa shape index (κ3) is 5.48. The number of anilines is 1. The van der Waals surface area contributed by atoms with Gasteiger partial charge in [0.15, 0.2) is 0 Å². The average Bonchev–Trinajstić information content (AvgIpc) is 3.28. The van der Waals surface area contributed by atoms with Crippen LogP contribution in [0.1, 0.15) is 23.0 Å². The number of hydrogen-bond donors (Lipinski definition) is 2. The number of carbonyl (C=O) groups is 1. The molecule has 7 nitrogen and oxygen atoms in total. The Morgan fingerprint density at radius 1 is 1.23 bits per heavy atom. The summed E-state index contributed by atoms with van der Waals surface area (Å²) in [6.45, 7) is 0. The molecule has 1 fully saturated rings. The van der Waals surface area contributed by atoms with Gasteiger partial charge in [-0.15, -0.1) is 11.3 Å². The van der Waals surface area contributed by atoms with E-state index in [9.17, 15) is 30.8 Å². The molecule has 3 heterocycles. The van der Waals surface area contributed by atoms with E-state index >= 15 is 0 Å². The lowest BCUT2D eigenvalue weighted by Crippen LogP contribution is -2.55. The molecule has 1 aliphatic heterocycles. The number of carbonyl (C=O) groups excluding carboxylic acids is 1. The summed E-state index contributed by atoms with van der Waals surface area (Å²) in [5, 5.41) is 2.35. The summed E-state index contributed by atoms with van der Waals surface area (Å²) in [4.78, 5) is 17.5. The van der Waals surface area contributed by atoms with Crippen molar-refractivity contribution in [2.45, 2.75) is 24.7 Å². The van der Waals surface area contributed by atoms with Crippen molar-refractivity contribution in [3.05, 3.63) is 70.1 Å². The van der Waals surface area contributed by atoms with Gasteiger partial charge in [0.1, 0.15) is 17.6 Å². The number of likely N-dealkylation sites (N-methyl/N-ethyl adjacent to an activating group) is 1. The van der Waals surface area contributed by atoms with Gasteiger partial charge in [-0.2, -0.15) is 30.6 Å². The number of pyridine rings is 1. The number of thiophene rings is 1. The molecular weight excluding hydrogens is 532 g/mol. The van der Waals surface area contributed by atoms with Crippen molar-refractivity contribution >= 4 is 44.7 Å². The van der Waals surface area contributed by atoms with Gasteiger partial charge in [0, 0.05) is 34.2 Å². The fourth-order valence-electron chi connectivity index (χ4n) is 3.50. The topological polar surface area (TPSA) is 91.4 Å². The van der Waals surface area contributed by atoms with Crippen molar-refractivity contribution in [2.24, 2.45) is 0 Å². The van der Waals surface area contributed by atoms with Gasteiger partial charge in [0.05, 0.1) is 11.1 Å². The first-order chi connectivity index (χ1) is 16.3. The lowest BCUT2D eigenvalue weighted by Gasteiger charge is -2.35. The highest BCUT2D eigenvalue weighted by Crippen LogP contribution is 2.37. The van der Waals surface area contributed by atoms with Crippen LogP contribution in [-0.4, -0.2) is 36.7 Å². The van der Waals surface area contributed by atoms with Crippen LogP contribution in [0.15, 0.2) is 48.7 Å². The Bertz CT molecular complexity index is 1360. The molecule has 1 saturated heterocycles. The number of halogens is 5. The molecule has 186 valence electrons. The minimum Gasteiger partial charge on any atom is -0.325 e. The Balaban J connectivity index is 1.55. The molecule has 2 atom stereocenters. The van der Waals surface area contributed by atoms with Crippen LogP contribution < -0.4 is 10.0 Å². The normalized spacial score (nSPS) is 20.5. The molecule has 0 saturated carbocycles. The van der Waals surface area contributed by atoms with Crippen LogP contribution in [0.4, 0.5) is 23.2 Å². The van der Waals surface area contributed by atoms with Gasteiger partial charge >= 0.3 is 6.18 Å². The SMILES string of the molecule is CN1[C@H](C(=O)Nc2ccc(F)c(Cl)c2)C[C@H](c2ccc(-c3ccc(C(F)(F)F)nc3)s2)NS1(=O)=O. The predicted molar refractivity (Wildman–Crippen MR) is 124 cm³/mol. The first kappa shape index (κ1) is 25.5. The van der Waals surface area contributed by atoms with Crippen molar-refractivity contribution in [1.29, 1.82) is 0 Å². The summed E-state index contributed by atoms with van der Waals surface area (Å²) < 4.78 is 80.5. The number of nitrogens with one attached hydrogen (secondary N) is 2. The number of aromatic nitrogens is 1. The summed E-state index contributed by atoms with van der Waals surface area (Å²) in [6.07, 6.45) is -3.39. The third-order valence-electron chi connectivity index (χ3n) is 5.37. The second kappa shape index (κ2) is 9.47. The smallest absolute Gasteiger partial charge is 0.325 e. The van der Waals surface area contributed by atoms with Crippen LogP contribution in [0.5, 0.6) is 0 Å². The molecule has 4 rings (SSSR count). The van der Waals surface area contributed by atoms with Crippen LogP contribution in [0, 0.1) is 5.82 Å². The van der Waals surface area contributed by atoms with E-state index in [0.717, 1.165) is 22.6 Å². The van der Waals surface area contributed by atoms with Crippen molar-refractivity contribution in [3.8, 4) is 10.4 Å². The lowest BCUT2D eigenvalue weighted by atomic mass is 10.1. The summed E-state index contributed by atoms with van der Waals surface area (Å²) in [7, 11) is -2.77. The molecule has 2 aromatic heterocycles. The molecule has 1 aliphatic rings. The molecule has 0 radical (unpaired) electrons. The van der Waals surface area contributed by atoms with Gasteiger partial charge in [-0.3, -0.25) is 9.78 Å². The summed E-state index contributed by atoms with van der Waals surface area (Å²) in [6, 6.07) is 7.19. The van der Waals surface area contributed by atoms with Gasteiger partial charge < -0.3 is 5.32 Å². The summed E-state index contributed by atoms with van der Waals surface area (Å²) in [5.41, 5.74) is -0.375. The van der Waals surface area contributed by atoms with E-state index in [1.165, 1.54) is 36.6 Å². The Morgan fingerprint density at radius 2 is 1.97 bits per heavy atom. The Hall–Kier alpha value is -2.58. The van der Waals surface area contributed by atoms with Gasteiger partial charge in [0.25, 0.3) is 10.2 Å². The van der Waals surface area contributed by atoms with E-state index in [0.29, 0.717) is 15.3 Å². The first-order valence-corrected chi connectivity index (χ1v) is 12.6. The Kier molecular flexibility index (Phi) is 6.90. The molecule has 14 heteroatoms. The number of nitrogens with zero attached hydrogens (tertiary/aromatic N) is 2. The van der Waals surface area contributed by atoms with E-state index < -0.39 is 45.9 Å². The first-order valence-electron chi connectivity index (χ1n) is 10.00. The van der Waals surface area contributed by atoms with E-state index in [-0.39, 0.29) is 17.1 Å². The highest BCUT2D eigenvalue weighted by molar-refractivity contribution is 7.87. The minimum atomic E-state index is -4.56. The molecule has 0 bridgehead atoms. The number of alkyl halides is 3. The number of rotatable bonds is 4. The van der Waals surface area contributed by atoms with Gasteiger partial charge in [-0.05, 0) is 48.9 Å². The summed E-state index contributed by atoms with van der Waals surface area (Å²) in [5.74, 6) is -1.29. The zero-order chi connectivity index (χ0) is 25.5. The van der Waals surface area contributed by atoms with Gasteiger partial charge in [-0.25, -0.2) is 4.39 Å². The molecule has 1 amide bonds. The van der Waals surface area contributed by atoms with Crippen LogP contribution in [-0.2, 0) is 21.2 Å². The fraction of sp³-hybridized carbons (Fsp3) is 0.238. The second-order valence-electron chi connectivity index (χ2n) is 7.69. The molecule has 2 N–H and O–H groups in total. The molecule has 35 heavy (non-hydrogen) atoms. The van der Waals surface area contributed by atoms with Crippen LogP contribution in [0.25, 0.3) is 10.4 Å². The number of benzene rings is 1. The highest BCUT2D eigenvalue weighted by Gasteiger charge is 2.41. The maximum atomic E-state index is 13.4. The highest BCUT2D eigenvalue weighted by atomic mass is 35.5. The van der Waals surface area contributed by atoms with Crippen LogP contribution >= 0.6 is 22.9 Å². The van der Waals surface area contributed by atoms with Crippen LogP contribution in [0.3, 0.4) is 0 Å². The van der Waals surface area contributed by atoms with Crippen molar-refractivity contribution < 1.29 is 30.8 Å². The minimum absolute atomic E-state index is 0.0711. The summed E-state index contributed by atoms with van der Waals surface area (Å²) >= 11 is 6.91. The van der Waals surface area contributed by atoms with Crippen molar-refractivity contribution in [2.75, 3.05) is 12.4 Å². The Labute approximate surface area is 206 Å². The number of amides is 1.